The van der Waals surface area contributed by atoms with E-state index in [0.717, 1.165) is 0 Å². The second kappa shape index (κ2) is 6.83. The number of esters is 1. The van der Waals surface area contributed by atoms with Crippen LogP contribution < -0.4 is 5.32 Å². The molecule has 0 aliphatic heterocycles. The lowest BCUT2D eigenvalue weighted by atomic mass is 10.1. The lowest BCUT2D eigenvalue weighted by molar-refractivity contribution is -0.145. The topological polar surface area (TPSA) is 119 Å². The Morgan fingerprint density at radius 3 is 2.60 bits per heavy atom. The minimum absolute atomic E-state index is 0.0656. The molecule has 9 heteroatoms. The van der Waals surface area contributed by atoms with Crippen LogP contribution in [0, 0.1) is 5.92 Å². The number of methoxy groups -OCH3 is 1. The maximum Gasteiger partial charge on any atom is 0.407 e. The van der Waals surface area contributed by atoms with Crippen LogP contribution >= 0.6 is 0 Å². The van der Waals surface area contributed by atoms with Crippen molar-refractivity contribution in [2.75, 3.05) is 13.7 Å². The van der Waals surface area contributed by atoms with Gasteiger partial charge >= 0.3 is 12.1 Å². The van der Waals surface area contributed by atoms with E-state index in [-0.39, 0.29) is 13.0 Å². The average Bonchev–Trinajstić information content (AvgIpc) is 2.84. The molecule has 0 spiro atoms. The number of ether oxygens (including phenoxy) is 2. The number of amides is 1. The van der Waals surface area contributed by atoms with Gasteiger partial charge in [-0.15, -0.1) is 10.2 Å². The largest absolute Gasteiger partial charge is 0.469 e. The lowest BCUT2D eigenvalue weighted by Crippen LogP contribution is -2.38. The van der Waals surface area contributed by atoms with Gasteiger partial charge in [0.15, 0.2) is 5.82 Å². The molecular formula is C11H19N5O4. The van der Waals surface area contributed by atoms with Crippen LogP contribution in [0.4, 0.5) is 4.79 Å². The fraction of sp³-hybridized carbons (Fsp3) is 0.727. The number of tetrazole rings is 1. The zero-order valence-corrected chi connectivity index (χ0v) is 12.0. The fourth-order valence-electron chi connectivity index (χ4n) is 1.42. The van der Waals surface area contributed by atoms with E-state index < -0.39 is 23.6 Å². The second-order valence-electron chi connectivity index (χ2n) is 5.14. The third kappa shape index (κ3) is 5.63. The smallest absolute Gasteiger partial charge is 0.407 e. The molecule has 9 nitrogen and oxygen atoms in total. The number of rotatable bonds is 5. The summed E-state index contributed by atoms with van der Waals surface area (Å²) in [5.74, 6) is -0.706. The Morgan fingerprint density at radius 2 is 2.10 bits per heavy atom. The SMILES string of the molecule is COC(=O)C(CNC(=O)OC(C)(C)C)Cc1nn[nH]n1. The first-order valence-electron chi connectivity index (χ1n) is 6.09. The molecule has 0 saturated heterocycles. The number of carbonyl (C=O) groups is 2. The van der Waals surface area contributed by atoms with Crippen molar-refractivity contribution in [1.82, 2.24) is 25.9 Å². The van der Waals surface area contributed by atoms with Crippen molar-refractivity contribution in [1.29, 1.82) is 0 Å². The molecule has 1 unspecified atom stereocenters. The third-order valence-electron chi connectivity index (χ3n) is 2.24. The number of aromatic nitrogens is 4. The van der Waals surface area contributed by atoms with Crippen LogP contribution in [0.2, 0.25) is 0 Å². The van der Waals surface area contributed by atoms with E-state index >= 15 is 0 Å². The van der Waals surface area contributed by atoms with Gasteiger partial charge in [-0.1, -0.05) is 5.21 Å². The van der Waals surface area contributed by atoms with Gasteiger partial charge in [0.2, 0.25) is 0 Å². The molecule has 0 aromatic carbocycles. The average molecular weight is 285 g/mol. The Hall–Kier alpha value is -2.19. The molecule has 0 radical (unpaired) electrons. The summed E-state index contributed by atoms with van der Waals surface area (Å²) < 4.78 is 9.76. The van der Waals surface area contributed by atoms with E-state index in [1.807, 2.05) is 0 Å². The Morgan fingerprint density at radius 1 is 1.40 bits per heavy atom. The fourth-order valence-corrected chi connectivity index (χ4v) is 1.42. The number of alkyl carbamates (subject to hydrolysis) is 1. The van der Waals surface area contributed by atoms with Gasteiger partial charge in [-0.05, 0) is 20.8 Å². The number of aromatic amines is 1. The summed E-state index contributed by atoms with van der Waals surface area (Å²) in [6, 6.07) is 0. The molecule has 1 amide bonds. The van der Waals surface area contributed by atoms with Crippen molar-refractivity contribution in [2.45, 2.75) is 32.8 Å². The molecule has 1 rings (SSSR count). The first-order valence-corrected chi connectivity index (χ1v) is 6.09. The highest BCUT2D eigenvalue weighted by molar-refractivity contribution is 5.74. The highest BCUT2D eigenvalue weighted by atomic mass is 16.6. The van der Waals surface area contributed by atoms with Gasteiger partial charge in [0.25, 0.3) is 0 Å². The number of carbonyl (C=O) groups excluding carboxylic acids is 2. The highest BCUT2D eigenvalue weighted by Gasteiger charge is 2.24. The van der Waals surface area contributed by atoms with Gasteiger partial charge in [-0.25, -0.2) is 4.79 Å². The molecule has 0 bridgehead atoms. The lowest BCUT2D eigenvalue weighted by Gasteiger charge is -2.21. The van der Waals surface area contributed by atoms with Crippen molar-refractivity contribution in [2.24, 2.45) is 5.92 Å². The Balaban J connectivity index is 2.53. The summed E-state index contributed by atoms with van der Waals surface area (Å²) in [6.07, 6.45) is -0.390. The number of hydrogen-bond donors (Lipinski definition) is 2. The van der Waals surface area contributed by atoms with Crippen molar-refractivity contribution in [3.8, 4) is 0 Å². The molecule has 112 valence electrons. The quantitative estimate of drug-likeness (QED) is 0.734. The monoisotopic (exact) mass is 285 g/mol. The summed E-state index contributed by atoms with van der Waals surface area (Å²) in [7, 11) is 1.28. The zero-order chi connectivity index (χ0) is 15.2. The van der Waals surface area contributed by atoms with Gasteiger partial charge in [0.1, 0.15) is 5.60 Å². The van der Waals surface area contributed by atoms with Gasteiger partial charge in [0.05, 0.1) is 13.0 Å². The number of nitrogens with one attached hydrogen (secondary N) is 2. The molecule has 1 aromatic heterocycles. The van der Waals surface area contributed by atoms with Crippen LogP contribution in [0.15, 0.2) is 0 Å². The molecule has 1 atom stereocenters. The molecule has 0 aliphatic carbocycles. The zero-order valence-electron chi connectivity index (χ0n) is 12.0. The Kier molecular flexibility index (Phi) is 5.42. The normalized spacial score (nSPS) is 12.6. The molecule has 0 aliphatic rings. The minimum Gasteiger partial charge on any atom is -0.469 e. The second-order valence-corrected chi connectivity index (χ2v) is 5.14. The van der Waals surface area contributed by atoms with Gasteiger partial charge in [-0.3, -0.25) is 4.79 Å². The third-order valence-corrected chi connectivity index (χ3v) is 2.24. The maximum atomic E-state index is 11.6. The predicted octanol–water partition coefficient (Wildman–Crippen LogP) is 0.0561. The molecule has 1 aromatic rings. The van der Waals surface area contributed by atoms with Crippen molar-refractivity contribution in [3.63, 3.8) is 0 Å². The van der Waals surface area contributed by atoms with Crippen LogP contribution in [-0.2, 0) is 20.7 Å². The van der Waals surface area contributed by atoms with E-state index in [2.05, 4.69) is 30.7 Å². The summed E-state index contributed by atoms with van der Waals surface area (Å²) in [6.45, 7) is 5.33. The van der Waals surface area contributed by atoms with Crippen LogP contribution in [0.3, 0.4) is 0 Å². The first kappa shape index (κ1) is 15.9. The van der Waals surface area contributed by atoms with Crippen LogP contribution in [0.5, 0.6) is 0 Å². The summed E-state index contributed by atoms with van der Waals surface area (Å²) >= 11 is 0. The van der Waals surface area contributed by atoms with Crippen molar-refractivity contribution in [3.05, 3.63) is 5.82 Å². The number of H-pyrrole nitrogens is 1. The van der Waals surface area contributed by atoms with Gasteiger partial charge in [-0.2, -0.15) is 5.21 Å². The first-order chi connectivity index (χ1) is 9.31. The van der Waals surface area contributed by atoms with Crippen molar-refractivity contribution < 1.29 is 19.1 Å². The van der Waals surface area contributed by atoms with E-state index in [9.17, 15) is 9.59 Å². The van der Waals surface area contributed by atoms with Crippen LogP contribution in [0.25, 0.3) is 0 Å². The van der Waals surface area contributed by atoms with E-state index in [0.29, 0.717) is 5.82 Å². The van der Waals surface area contributed by atoms with E-state index in [1.54, 1.807) is 20.8 Å². The van der Waals surface area contributed by atoms with Gasteiger partial charge < -0.3 is 14.8 Å². The summed E-state index contributed by atoms with van der Waals surface area (Å²) in [5.41, 5.74) is -0.599. The number of nitrogens with zero attached hydrogens (tertiary/aromatic N) is 3. The molecule has 2 N–H and O–H groups in total. The number of hydrogen-bond acceptors (Lipinski definition) is 7. The molecule has 1 heterocycles. The predicted molar refractivity (Wildman–Crippen MR) is 67.6 cm³/mol. The summed E-state index contributed by atoms with van der Waals surface area (Å²) in [5, 5.41) is 15.7. The molecule has 0 saturated carbocycles. The van der Waals surface area contributed by atoms with Crippen molar-refractivity contribution >= 4 is 12.1 Å². The van der Waals surface area contributed by atoms with Crippen LogP contribution in [0.1, 0.15) is 26.6 Å². The molecule has 0 fully saturated rings. The molecular weight excluding hydrogens is 266 g/mol. The Labute approximate surface area is 116 Å². The van der Waals surface area contributed by atoms with Gasteiger partial charge in [0, 0.05) is 13.0 Å². The van der Waals surface area contributed by atoms with Crippen LogP contribution in [-0.4, -0.2) is 51.9 Å². The summed E-state index contributed by atoms with van der Waals surface area (Å²) in [4.78, 5) is 23.2. The van der Waals surface area contributed by atoms with E-state index in [4.69, 9.17) is 4.74 Å². The Bertz CT molecular complexity index is 440. The molecule has 20 heavy (non-hydrogen) atoms. The minimum atomic E-state index is -0.606. The van der Waals surface area contributed by atoms with E-state index in [1.165, 1.54) is 7.11 Å². The maximum absolute atomic E-state index is 11.6. The highest BCUT2D eigenvalue weighted by Crippen LogP contribution is 2.08. The standard InChI is InChI=1S/C11H19N5O4/c1-11(2,3)20-10(18)12-6-7(9(17)19-4)5-8-13-15-16-14-8/h7H,5-6H2,1-4H3,(H,12,18)(H,13,14,15,16).